The third-order valence-corrected chi connectivity index (χ3v) is 4.79. The molecule has 7 nitrogen and oxygen atoms in total. The molecule has 0 aliphatic rings. The van der Waals surface area contributed by atoms with Gasteiger partial charge in [-0.2, -0.15) is 0 Å². The summed E-state index contributed by atoms with van der Waals surface area (Å²) in [6, 6.07) is 15.0. The number of nitrogens with zero attached hydrogens (tertiary/aromatic N) is 5. The van der Waals surface area contributed by atoms with Crippen LogP contribution in [0, 0.1) is 5.82 Å². The zero-order valence-corrected chi connectivity index (χ0v) is 15.9. The number of fused-ring (bicyclic) bond motifs is 1. The molecule has 8 heteroatoms. The van der Waals surface area contributed by atoms with Crippen LogP contribution in [0.3, 0.4) is 0 Å². The summed E-state index contributed by atoms with van der Waals surface area (Å²) in [5.74, 6) is -0.221. The van der Waals surface area contributed by atoms with Crippen molar-refractivity contribution in [3.05, 3.63) is 77.1 Å². The maximum atomic E-state index is 13.2. The van der Waals surface area contributed by atoms with Crippen molar-refractivity contribution >= 4 is 22.8 Å². The van der Waals surface area contributed by atoms with Crippen LogP contribution in [0.15, 0.2) is 65.6 Å². The molecule has 0 atom stereocenters. The fourth-order valence-electron chi connectivity index (χ4n) is 3.11. The number of hydrogen-bond acceptors (Lipinski definition) is 4. The zero-order valence-electron chi connectivity index (χ0n) is 15.9. The molecule has 146 valence electrons. The Morgan fingerprint density at radius 1 is 1.10 bits per heavy atom. The van der Waals surface area contributed by atoms with E-state index in [-0.39, 0.29) is 24.0 Å². The fraction of sp³-hybridized carbons (Fsp3) is 0.143. The van der Waals surface area contributed by atoms with Crippen LogP contribution < -0.4 is 10.6 Å². The number of likely N-dealkylation sites (N-methyl/N-ethyl adjacent to an activating group) is 1. The van der Waals surface area contributed by atoms with Gasteiger partial charge < -0.3 is 4.90 Å². The van der Waals surface area contributed by atoms with E-state index < -0.39 is 0 Å². The summed E-state index contributed by atoms with van der Waals surface area (Å²) >= 11 is 0. The van der Waals surface area contributed by atoms with Gasteiger partial charge in [-0.15, -0.1) is 0 Å². The van der Waals surface area contributed by atoms with Crippen molar-refractivity contribution in [1.82, 2.24) is 19.1 Å². The molecule has 0 aliphatic heterocycles. The van der Waals surface area contributed by atoms with Crippen LogP contribution in [0.4, 0.5) is 10.1 Å². The fourth-order valence-corrected chi connectivity index (χ4v) is 3.11. The van der Waals surface area contributed by atoms with E-state index >= 15 is 0 Å². The van der Waals surface area contributed by atoms with Crippen molar-refractivity contribution in [2.75, 3.05) is 11.9 Å². The second-order valence-electron chi connectivity index (χ2n) is 6.63. The number of benzene rings is 2. The first-order valence-corrected chi connectivity index (χ1v) is 8.95. The van der Waals surface area contributed by atoms with Gasteiger partial charge in [-0.05, 0) is 36.4 Å². The van der Waals surface area contributed by atoms with E-state index in [4.69, 9.17) is 0 Å². The molecule has 4 rings (SSSR count). The molecule has 0 bridgehead atoms. The van der Waals surface area contributed by atoms with Crippen molar-refractivity contribution < 1.29 is 9.18 Å². The number of rotatable bonds is 4. The van der Waals surface area contributed by atoms with E-state index in [1.54, 1.807) is 26.2 Å². The van der Waals surface area contributed by atoms with E-state index in [9.17, 15) is 14.0 Å². The lowest BCUT2D eigenvalue weighted by atomic mass is 10.2. The maximum absolute atomic E-state index is 13.2. The summed E-state index contributed by atoms with van der Waals surface area (Å²) in [5.41, 5.74) is 1.87. The van der Waals surface area contributed by atoms with E-state index in [1.807, 2.05) is 30.3 Å². The summed E-state index contributed by atoms with van der Waals surface area (Å²) < 4.78 is 15.9. The minimum Gasteiger partial charge on any atom is -0.314 e. The van der Waals surface area contributed by atoms with Crippen molar-refractivity contribution in [1.29, 1.82) is 0 Å². The van der Waals surface area contributed by atoms with Crippen molar-refractivity contribution in [2.24, 2.45) is 7.05 Å². The Morgan fingerprint density at radius 3 is 2.48 bits per heavy atom. The second kappa shape index (κ2) is 7.31. The molecule has 0 fully saturated rings. The Kier molecular flexibility index (Phi) is 4.67. The van der Waals surface area contributed by atoms with Gasteiger partial charge in [0, 0.05) is 25.3 Å². The predicted molar refractivity (Wildman–Crippen MR) is 108 cm³/mol. The van der Waals surface area contributed by atoms with Crippen molar-refractivity contribution in [3.8, 4) is 11.4 Å². The van der Waals surface area contributed by atoms with E-state index in [0.717, 1.165) is 5.69 Å². The molecule has 4 aromatic rings. The van der Waals surface area contributed by atoms with Gasteiger partial charge >= 0.3 is 5.69 Å². The first kappa shape index (κ1) is 18.5. The lowest BCUT2D eigenvalue weighted by molar-refractivity contribution is -0.118. The monoisotopic (exact) mass is 391 g/mol. The van der Waals surface area contributed by atoms with Gasteiger partial charge in [0.05, 0.1) is 6.20 Å². The van der Waals surface area contributed by atoms with Gasteiger partial charge in [-0.3, -0.25) is 13.9 Å². The number of halogens is 1. The molecule has 0 spiro atoms. The van der Waals surface area contributed by atoms with Gasteiger partial charge in [0.15, 0.2) is 11.5 Å². The maximum Gasteiger partial charge on any atom is 0.330 e. The summed E-state index contributed by atoms with van der Waals surface area (Å²) in [5, 5.41) is 0. The molecule has 0 saturated carbocycles. The van der Waals surface area contributed by atoms with Gasteiger partial charge in [-0.25, -0.2) is 19.2 Å². The average molecular weight is 391 g/mol. The molecule has 1 amide bonds. The standard InChI is InChI=1S/C21H18FN5O2/c1-25(16-6-4-3-5-7-16)18(28)13-27-17-12-23-19(14-8-10-15(22)11-9-14)24-20(17)26(2)21(27)29/h3-12H,13H2,1-2H3. The van der Waals surface area contributed by atoms with Crippen LogP contribution in [0.25, 0.3) is 22.6 Å². The Labute approximate surface area is 165 Å². The number of aryl methyl sites for hydroxylation is 1. The highest BCUT2D eigenvalue weighted by molar-refractivity contribution is 5.93. The highest BCUT2D eigenvalue weighted by atomic mass is 19.1. The number of carbonyl (C=O) groups is 1. The number of para-hydroxylation sites is 1. The van der Waals surface area contributed by atoms with Crippen LogP contribution in [-0.4, -0.2) is 32.1 Å². The van der Waals surface area contributed by atoms with Crippen LogP contribution in [-0.2, 0) is 18.4 Å². The number of carbonyl (C=O) groups excluding carboxylic acids is 1. The highest BCUT2D eigenvalue weighted by Crippen LogP contribution is 2.19. The average Bonchev–Trinajstić information content (AvgIpc) is 2.98. The Morgan fingerprint density at radius 2 is 1.79 bits per heavy atom. The minimum absolute atomic E-state index is 0.138. The van der Waals surface area contributed by atoms with Crippen LogP contribution in [0.1, 0.15) is 0 Å². The largest absolute Gasteiger partial charge is 0.330 e. The second-order valence-corrected chi connectivity index (χ2v) is 6.63. The van der Waals surface area contributed by atoms with Gasteiger partial charge in [0.2, 0.25) is 5.91 Å². The SMILES string of the molecule is CN(C(=O)Cn1c(=O)n(C)c2nc(-c3ccc(F)cc3)ncc21)c1ccccc1. The first-order valence-electron chi connectivity index (χ1n) is 8.95. The molecule has 0 N–H and O–H groups in total. The number of imidazole rings is 1. The Bertz CT molecular complexity index is 1250. The van der Waals surface area contributed by atoms with E-state index in [1.165, 1.54) is 32.4 Å². The molecule has 0 aliphatic carbocycles. The molecule has 2 aromatic carbocycles. The Balaban J connectivity index is 1.70. The zero-order chi connectivity index (χ0) is 20.5. The van der Waals surface area contributed by atoms with Crippen LogP contribution in [0.5, 0.6) is 0 Å². The number of amides is 1. The Hall–Kier alpha value is -3.81. The lowest BCUT2D eigenvalue weighted by Gasteiger charge is -2.17. The van der Waals surface area contributed by atoms with Crippen molar-refractivity contribution in [2.45, 2.75) is 6.54 Å². The molecule has 0 radical (unpaired) electrons. The molecule has 0 unspecified atom stereocenters. The van der Waals surface area contributed by atoms with Gasteiger partial charge in [0.1, 0.15) is 17.9 Å². The van der Waals surface area contributed by atoms with E-state index in [2.05, 4.69) is 9.97 Å². The minimum atomic E-state index is -0.361. The number of anilines is 1. The molecule has 2 aromatic heterocycles. The molecular formula is C21H18FN5O2. The van der Waals surface area contributed by atoms with Gasteiger partial charge in [-0.1, -0.05) is 18.2 Å². The third-order valence-electron chi connectivity index (χ3n) is 4.79. The molecular weight excluding hydrogens is 373 g/mol. The van der Waals surface area contributed by atoms with Crippen LogP contribution in [0.2, 0.25) is 0 Å². The van der Waals surface area contributed by atoms with Gasteiger partial charge in [0.25, 0.3) is 0 Å². The topological polar surface area (TPSA) is 73.0 Å². The van der Waals surface area contributed by atoms with Crippen molar-refractivity contribution in [3.63, 3.8) is 0 Å². The third kappa shape index (κ3) is 3.40. The van der Waals surface area contributed by atoms with Crippen LogP contribution >= 0.6 is 0 Å². The summed E-state index contributed by atoms with van der Waals surface area (Å²) in [7, 11) is 3.25. The number of aromatic nitrogens is 4. The first-order chi connectivity index (χ1) is 14.0. The quantitative estimate of drug-likeness (QED) is 0.536. The lowest BCUT2D eigenvalue weighted by Crippen LogP contribution is -2.34. The normalized spacial score (nSPS) is 11.0. The number of hydrogen-bond donors (Lipinski definition) is 0. The molecule has 0 saturated heterocycles. The predicted octanol–water partition coefficient (Wildman–Crippen LogP) is 2.60. The summed E-state index contributed by atoms with van der Waals surface area (Å²) in [6.45, 7) is -0.138. The van der Waals surface area contributed by atoms with E-state index in [0.29, 0.717) is 22.6 Å². The smallest absolute Gasteiger partial charge is 0.314 e. The molecule has 2 heterocycles. The highest BCUT2D eigenvalue weighted by Gasteiger charge is 2.19. The summed E-state index contributed by atoms with van der Waals surface area (Å²) in [6.07, 6.45) is 1.51. The summed E-state index contributed by atoms with van der Waals surface area (Å²) in [4.78, 5) is 35.7. The molecule has 29 heavy (non-hydrogen) atoms.